The van der Waals surface area contributed by atoms with Crippen molar-refractivity contribution in [3.63, 3.8) is 0 Å². The predicted octanol–water partition coefficient (Wildman–Crippen LogP) is 1.64. The van der Waals surface area contributed by atoms with Crippen LogP contribution in [0.15, 0.2) is 38.5 Å². The van der Waals surface area contributed by atoms with Gasteiger partial charge in [0.1, 0.15) is 5.84 Å². The van der Waals surface area contributed by atoms with Crippen molar-refractivity contribution in [2.75, 3.05) is 39.8 Å². The first-order chi connectivity index (χ1) is 12.7. The minimum absolute atomic E-state index is 0.453. The molecule has 0 radical (unpaired) electrons. The van der Waals surface area contributed by atoms with E-state index in [-0.39, 0.29) is 0 Å². The van der Waals surface area contributed by atoms with Crippen molar-refractivity contribution in [3.8, 4) is 0 Å². The molecule has 1 fully saturated rings. The summed E-state index contributed by atoms with van der Waals surface area (Å²) in [7, 11) is 2.15. The summed E-state index contributed by atoms with van der Waals surface area (Å²) < 4.78 is 0. The van der Waals surface area contributed by atoms with Crippen molar-refractivity contribution in [3.05, 3.63) is 23.5 Å². The molecule has 1 saturated heterocycles. The van der Waals surface area contributed by atoms with E-state index in [1.807, 2.05) is 19.2 Å². The first kappa shape index (κ1) is 20.0. The zero-order valence-corrected chi connectivity index (χ0v) is 16.0. The number of likely N-dealkylation sites (tertiary alicyclic amines) is 1. The smallest absolute Gasteiger partial charge is 0.108 e. The SMILES string of the molecule is C=NCC/N=C1C=C(/C(C=N)=C/NC2CCN(C)CC2)N=C(NCC)C/1. The van der Waals surface area contributed by atoms with Gasteiger partial charge in [-0.15, -0.1) is 0 Å². The molecule has 3 N–H and O–H groups in total. The summed E-state index contributed by atoms with van der Waals surface area (Å²) in [5.74, 6) is 0.891. The van der Waals surface area contributed by atoms with Crippen molar-refractivity contribution in [1.29, 1.82) is 5.41 Å². The maximum absolute atomic E-state index is 7.81. The summed E-state index contributed by atoms with van der Waals surface area (Å²) in [6, 6.07) is 0.453. The third-order valence-corrected chi connectivity index (χ3v) is 4.51. The van der Waals surface area contributed by atoms with Gasteiger partial charge in [0, 0.05) is 42.7 Å². The van der Waals surface area contributed by atoms with Crippen molar-refractivity contribution in [2.45, 2.75) is 32.2 Å². The van der Waals surface area contributed by atoms with E-state index in [0.29, 0.717) is 25.6 Å². The molecule has 7 heteroatoms. The highest BCUT2D eigenvalue weighted by atomic mass is 15.1. The lowest BCUT2D eigenvalue weighted by atomic mass is 10.0. The van der Waals surface area contributed by atoms with Gasteiger partial charge in [0.05, 0.1) is 18.8 Å². The summed E-state index contributed by atoms with van der Waals surface area (Å²) >= 11 is 0. The average Bonchev–Trinajstić information content (AvgIpc) is 2.64. The van der Waals surface area contributed by atoms with Crippen LogP contribution in [0.5, 0.6) is 0 Å². The fourth-order valence-corrected chi connectivity index (χ4v) is 2.99. The molecule has 26 heavy (non-hydrogen) atoms. The quantitative estimate of drug-likeness (QED) is 0.456. The van der Waals surface area contributed by atoms with Gasteiger partial charge in [-0.3, -0.25) is 9.98 Å². The minimum atomic E-state index is 0.453. The first-order valence-electron chi connectivity index (χ1n) is 9.30. The summed E-state index contributed by atoms with van der Waals surface area (Å²) in [5, 5.41) is 14.6. The van der Waals surface area contributed by atoms with Crippen LogP contribution in [0.3, 0.4) is 0 Å². The zero-order valence-electron chi connectivity index (χ0n) is 16.0. The number of hydrogen-bond donors (Lipinski definition) is 3. The molecule has 2 rings (SSSR count). The van der Waals surface area contributed by atoms with Gasteiger partial charge in [-0.05, 0) is 52.7 Å². The monoisotopic (exact) mass is 357 g/mol. The van der Waals surface area contributed by atoms with Gasteiger partial charge in [0.25, 0.3) is 0 Å². The Hall–Kier alpha value is -2.28. The molecule has 142 valence electrons. The number of nitrogens with one attached hydrogen (secondary N) is 3. The van der Waals surface area contributed by atoms with Crippen molar-refractivity contribution < 1.29 is 0 Å². The van der Waals surface area contributed by atoms with Crippen LogP contribution in [-0.4, -0.2) is 75.2 Å². The molecule has 0 spiro atoms. The summed E-state index contributed by atoms with van der Waals surface area (Å²) in [6.45, 7) is 9.80. The van der Waals surface area contributed by atoms with Crippen LogP contribution >= 0.6 is 0 Å². The van der Waals surface area contributed by atoms with E-state index in [2.05, 4.69) is 44.3 Å². The Labute approximate surface area is 156 Å². The fourth-order valence-electron chi connectivity index (χ4n) is 2.99. The number of nitrogens with zero attached hydrogens (tertiary/aromatic N) is 4. The van der Waals surface area contributed by atoms with Gasteiger partial charge < -0.3 is 20.9 Å². The number of aliphatic imine (C=N–C) groups is 3. The Morgan fingerprint density at radius 2 is 2.19 bits per heavy atom. The van der Waals surface area contributed by atoms with E-state index in [1.165, 1.54) is 6.21 Å². The highest BCUT2D eigenvalue weighted by Crippen LogP contribution is 2.16. The highest BCUT2D eigenvalue weighted by molar-refractivity contribution is 6.12. The topological polar surface area (TPSA) is 88.2 Å². The van der Waals surface area contributed by atoms with Crippen LogP contribution < -0.4 is 10.6 Å². The van der Waals surface area contributed by atoms with Crippen LogP contribution in [0.1, 0.15) is 26.2 Å². The lowest BCUT2D eigenvalue weighted by Gasteiger charge is -2.29. The molecule has 0 aliphatic carbocycles. The molecule has 0 bridgehead atoms. The summed E-state index contributed by atoms with van der Waals surface area (Å²) in [4.78, 5) is 15.5. The van der Waals surface area contributed by atoms with Gasteiger partial charge >= 0.3 is 0 Å². The molecule has 2 heterocycles. The molecule has 2 aliphatic heterocycles. The minimum Gasteiger partial charge on any atom is -0.387 e. The zero-order chi connectivity index (χ0) is 18.8. The Kier molecular flexibility index (Phi) is 8.21. The molecule has 0 unspecified atom stereocenters. The van der Waals surface area contributed by atoms with Gasteiger partial charge in [-0.1, -0.05) is 0 Å². The third-order valence-electron chi connectivity index (χ3n) is 4.51. The third kappa shape index (κ3) is 6.22. The maximum atomic E-state index is 7.81. The fraction of sp³-hybridized carbons (Fsp3) is 0.579. The largest absolute Gasteiger partial charge is 0.387 e. The van der Waals surface area contributed by atoms with Crippen molar-refractivity contribution in [2.24, 2.45) is 15.0 Å². The second kappa shape index (κ2) is 10.7. The van der Waals surface area contributed by atoms with Crippen LogP contribution in [0, 0.1) is 5.41 Å². The van der Waals surface area contributed by atoms with E-state index in [0.717, 1.165) is 55.3 Å². The number of amidine groups is 1. The Morgan fingerprint density at radius 1 is 1.42 bits per heavy atom. The van der Waals surface area contributed by atoms with Crippen LogP contribution in [0.2, 0.25) is 0 Å². The van der Waals surface area contributed by atoms with Crippen molar-refractivity contribution in [1.82, 2.24) is 15.5 Å². The molecule has 0 aromatic heterocycles. The molecular formula is C19H31N7. The van der Waals surface area contributed by atoms with Crippen LogP contribution in [0.25, 0.3) is 0 Å². The second-order valence-electron chi connectivity index (χ2n) is 6.60. The number of hydrogen-bond acceptors (Lipinski definition) is 7. The number of rotatable bonds is 8. The Bertz CT molecular complexity index is 607. The lowest BCUT2D eigenvalue weighted by Crippen LogP contribution is -2.39. The second-order valence-corrected chi connectivity index (χ2v) is 6.60. The number of piperidine rings is 1. The van der Waals surface area contributed by atoms with Gasteiger partial charge in [0.2, 0.25) is 0 Å². The lowest BCUT2D eigenvalue weighted by molar-refractivity contribution is 0.244. The maximum Gasteiger partial charge on any atom is 0.108 e. The van der Waals surface area contributed by atoms with E-state index in [1.54, 1.807) is 0 Å². The molecule has 7 nitrogen and oxygen atoms in total. The Balaban J connectivity index is 2.13. The van der Waals surface area contributed by atoms with Gasteiger partial charge in [-0.2, -0.15) is 0 Å². The van der Waals surface area contributed by atoms with Crippen LogP contribution in [-0.2, 0) is 0 Å². The summed E-state index contributed by atoms with van der Waals surface area (Å²) in [5.41, 5.74) is 2.50. The predicted molar refractivity (Wildman–Crippen MR) is 111 cm³/mol. The molecule has 2 aliphatic rings. The molecule has 0 aromatic rings. The van der Waals surface area contributed by atoms with Gasteiger partial charge in [0.15, 0.2) is 0 Å². The molecule has 0 atom stereocenters. The average molecular weight is 358 g/mol. The van der Waals surface area contributed by atoms with Crippen molar-refractivity contribution >= 4 is 24.5 Å². The van der Waals surface area contributed by atoms with Crippen LogP contribution in [0.4, 0.5) is 0 Å². The summed E-state index contributed by atoms with van der Waals surface area (Å²) in [6.07, 6.45) is 8.17. The molecule has 0 saturated carbocycles. The van der Waals surface area contributed by atoms with E-state index in [4.69, 9.17) is 5.41 Å². The molecular weight excluding hydrogens is 326 g/mol. The molecule has 0 amide bonds. The van der Waals surface area contributed by atoms with E-state index in [9.17, 15) is 0 Å². The normalized spacial score (nSPS) is 21.2. The first-order valence-corrected chi connectivity index (χ1v) is 9.30. The Morgan fingerprint density at radius 3 is 2.85 bits per heavy atom. The highest BCUT2D eigenvalue weighted by Gasteiger charge is 2.17. The van der Waals surface area contributed by atoms with E-state index >= 15 is 0 Å². The standard InChI is InChI=1S/C19H31N7/c1-4-22-19-12-17(23-8-7-21-2)11-18(25-19)15(13-20)14-24-16-5-9-26(3)10-6-16/h11,13-14,16,20,24H,2,4-10,12H2,1,3H3,(H,22,25)/b15-14+,20-13?,23-17-. The number of allylic oxidation sites excluding steroid dienone is 2. The van der Waals surface area contributed by atoms with E-state index < -0.39 is 0 Å². The molecule has 0 aromatic carbocycles. The van der Waals surface area contributed by atoms with Gasteiger partial charge in [-0.25, -0.2) is 4.99 Å².